The van der Waals surface area contributed by atoms with Crippen molar-refractivity contribution in [2.24, 2.45) is 5.73 Å². The predicted octanol–water partition coefficient (Wildman–Crippen LogP) is 1.44. The second-order valence-corrected chi connectivity index (χ2v) is 4.41. The first-order valence-corrected chi connectivity index (χ1v) is 6.14. The molecule has 0 fully saturated rings. The molecule has 0 aliphatic rings. The zero-order chi connectivity index (χ0) is 12.6. The number of ether oxygens (including phenoxy) is 1. The summed E-state index contributed by atoms with van der Waals surface area (Å²) in [6.45, 7) is 8.95. The Morgan fingerprint density at radius 2 is 2.12 bits per heavy atom. The van der Waals surface area contributed by atoms with Gasteiger partial charge in [0.15, 0.2) is 0 Å². The number of hydrogen-bond donors (Lipinski definition) is 2. The van der Waals surface area contributed by atoms with Crippen LogP contribution in [0.2, 0.25) is 0 Å². The molecule has 0 bridgehead atoms. The van der Waals surface area contributed by atoms with Gasteiger partial charge in [0.2, 0.25) is 5.91 Å². The van der Waals surface area contributed by atoms with Gasteiger partial charge in [-0.25, -0.2) is 0 Å². The molecule has 0 aliphatic carbocycles. The SMILES string of the molecule is CCCCNC(=O)C(C)OC(C)(CC)CN. The number of hydrogen-bond acceptors (Lipinski definition) is 3. The average molecular weight is 230 g/mol. The van der Waals surface area contributed by atoms with E-state index >= 15 is 0 Å². The quantitative estimate of drug-likeness (QED) is 0.620. The molecule has 0 aromatic rings. The van der Waals surface area contributed by atoms with Crippen LogP contribution in [0, 0.1) is 0 Å². The Morgan fingerprint density at radius 1 is 1.50 bits per heavy atom. The van der Waals surface area contributed by atoms with Crippen molar-refractivity contribution in [3.63, 3.8) is 0 Å². The maximum atomic E-state index is 11.7. The number of carbonyl (C=O) groups is 1. The van der Waals surface area contributed by atoms with E-state index in [1.807, 2.05) is 13.8 Å². The second-order valence-electron chi connectivity index (χ2n) is 4.41. The minimum absolute atomic E-state index is 0.0541. The number of carbonyl (C=O) groups excluding carboxylic acids is 1. The summed E-state index contributed by atoms with van der Waals surface area (Å²) in [6.07, 6.45) is 2.44. The first-order valence-electron chi connectivity index (χ1n) is 6.14. The Bertz CT molecular complexity index is 203. The lowest BCUT2D eigenvalue weighted by Crippen LogP contribution is -2.45. The van der Waals surface area contributed by atoms with E-state index in [1.54, 1.807) is 6.92 Å². The number of nitrogens with one attached hydrogen (secondary N) is 1. The van der Waals surface area contributed by atoms with Crippen LogP contribution in [0.5, 0.6) is 0 Å². The van der Waals surface area contributed by atoms with Crippen LogP contribution < -0.4 is 11.1 Å². The molecule has 2 atom stereocenters. The van der Waals surface area contributed by atoms with Crippen LogP contribution in [0.4, 0.5) is 0 Å². The Morgan fingerprint density at radius 3 is 2.56 bits per heavy atom. The third kappa shape index (κ3) is 5.47. The van der Waals surface area contributed by atoms with Crippen molar-refractivity contribution >= 4 is 5.91 Å². The van der Waals surface area contributed by atoms with Gasteiger partial charge in [-0.2, -0.15) is 0 Å². The minimum Gasteiger partial charge on any atom is -0.361 e. The Balaban J connectivity index is 4.03. The van der Waals surface area contributed by atoms with Gasteiger partial charge < -0.3 is 15.8 Å². The van der Waals surface area contributed by atoms with E-state index in [9.17, 15) is 4.79 Å². The van der Waals surface area contributed by atoms with Crippen molar-refractivity contribution in [1.29, 1.82) is 0 Å². The molecule has 96 valence electrons. The number of nitrogens with two attached hydrogens (primary N) is 1. The van der Waals surface area contributed by atoms with Crippen LogP contribution in [0.15, 0.2) is 0 Å². The maximum Gasteiger partial charge on any atom is 0.248 e. The summed E-state index contributed by atoms with van der Waals surface area (Å²) in [4.78, 5) is 11.7. The Hall–Kier alpha value is -0.610. The van der Waals surface area contributed by atoms with E-state index in [-0.39, 0.29) is 5.91 Å². The molecule has 0 saturated carbocycles. The third-order valence-corrected chi connectivity index (χ3v) is 2.84. The highest BCUT2D eigenvalue weighted by Gasteiger charge is 2.26. The molecule has 0 radical (unpaired) electrons. The summed E-state index contributed by atoms with van der Waals surface area (Å²) in [5.41, 5.74) is 5.23. The standard InChI is InChI=1S/C12H26N2O2/c1-5-7-8-14-11(15)10(3)16-12(4,6-2)9-13/h10H,5-9,13H2,1-4H3,(H,14,15). The van der Waals surface area contributed by atoms with Crippen molar-refractivity contribution in [3.05, 3.63) is 0 Å². The van der Waals surface area contributed by atoms with Crippen LogP contribution >= 0.6 is 0 Å². The maximum absolute atomic E-state index is 11.7. The van der Waals surface area contributed by atoms with Gasteiger partial charge in [0, 0.05) is 13.1 Å². The zero-order valence-corrected chi connectivity index (χ0v) is 11.0. The summed E-state index contributed by atoms with van der Waals surface area (Å²) in [5.74, 6) is -0.0541. The molecule has 0 aromatic heterocycles. The number of rotatable bonds is 8. The summed E-state index contributed by atoms with van der Waals surface area (Å²) >= 11 is 0. The smallest absolute Gasteiger partial charge is 0.248 e. The zero-order valence-electron chi connectivity index (χ0n) is 11.0. The molecular formula is C12H26N2O2. The fourth-order valence-electron chi connectivity index (χ4n) is 1.29. The topological polar surface area (TPSA) is 64.3 Å². The molecule has 4 nitrogen and oxygen atoms in total. The molecule has 0 aliphatic heterocycles. The summed E-state index contributed by atoms with van der Waals surface area (Å²) in [6, 6.07) is 0. The molecule has 1 amide bonds. The summed E-state index contributed by atoms with van der Waals surface area (Å²) in [7, 11) is 0. The highest BCUT2D eigenvalue weighted by molar-refractivity contribution is 5.80. The lowest BCUT2D eigenvalue weighted by Gasteiger charge is -2.30. The van der Waals surface area contributed by atoms with Crippen molar-refractivity contribution in [3.8, 4) is 0 Å². The van der Waals surface area contributed by atoms with Crippen molar-refractivity contribution in [2.75, 3.05) is 13.1 Å². The first-order chi connectivity index (χ1) is 7.49. The van der Waals surface area contributed by atoms with E-state index < -0.39 is 11.7 Å². The molecular weight excluding hydrogens is 204 g/mol. The van der Waals surface area contributed by atoms with Crippen LogP contribution in [0.25, 0.3) is 0 Å². The molecule has 0 aromatic carbocycles. The molecule has 0 saturated heterocycles. The van der Waals surface area contributed by atoms with Crippen LogP contribution in [-0.4, -0.2) is 30.7 Å². The largest absolute Gasteiger partial charge is 0.361 e. The summed E-state index contributed by atoms with van der Waals surface area (Å²) in [5, 5.41) is 2.85. The molecule has 0 heterocycles. The van der Waals surface area contributed by atoms with Gasteiger partial charge in [-0.3, -0.25) is 4.79 Å². The third-order valence-electron chi connectivity index (χ3n) is 2.84. The Kier molecular flexibility index (Phi) is 7.34. The van der Waals surface area contributed by atoms with Gasteiger partial charge >= 0.3 is 0 Å². The second kappa shape index (κ2) is 7.63. The molecule has 4 heteroatoms. The van der Waals surface area contributed by atoms with Gasteiger partial charge in [-0.1, -0.05) is 20.3 Å². The van der Waals surface area contributed by atoms with E-state index in [0.29, 0.717) is 13.1 Å². The van der Waals surface area contributed by atoms with Gasteiger partial charge in [-0.05, 0) is 26.7 Å². The monoisotopic (exact) mass is 230 g/mol. The number of unbranched alkanes of at least 4 members (excludes halogenated alkanes) is 1. The van der Waals surface area contributed by atoms with Crippen LogP contribution in [0.3, 0.4) is 0 Å². The molecule has 0 spiro atoms. The molecule has 3 N–H and O–H groups in total. The normalized spacial score (nSPS) is 16.6. The molecule has 2 unspecified atom stereocenters. The van der Waals surface area contributed by atoms with Crippen LogP contribution in [-0.2, 0) is 9.53 Å². The van der Waals surface area contributed by atoms with Crippen molar-refractivity contribution < 1.29 is 9.53 Å². The van der Waals surface area contributed by atoms with E-state index in [1.165, 1.54) is 0 Å². The lowest BCUT2D eigenvalue weighted by atomic mass is 10.0. The Labute approximate surface area is 98.9 Å². The van der Waals surface area contributed by atoms with Crippen LogP contribution in [0.1, 0.15) is 47.0 Å². The first kappa shape index (κ1) is 15.4. The van der Waals surface area contributed by atoms with E-state index in [2.05, 4.69) is 12.2 Å². The van der Waals surface area contributed by atoms with Gasteiger partial charge in [0.25, 0.3) is 0 Å². The minimum atomic E-state index is -0.439. The van der Waals surface area contributed by atoms with Crippen molar-refractivity contribution in [2.45, 2.75) is 58.7 Å². The van der Waals surface area contributed by atoms with Crippen molar-refractivity contribution in [1.82, 2.24) is 5.32 Å². The highest BCUT2D eigenvalue weighted by atomic mass is 16.5. The lowest BCUT2D eigenvalue weighted by molar-refractivity contribution is -0.143. The van der Waals surface area contributed by atoms with E-state index in [4.69, 9.17) is 10.5 Å². The summed E-state index contributed by atoms with van der Waals surface area (Å²) < 4.78 is 5.69. The van der Waals surface area contributed by atoms with Gasteiger partial charge in [0.05, 0.1) is 5.60 Å². The average Bonchev–Trinajstić information content (AvgIpc) is 2.29. The van der Waals surface area contributed by atoms with Gasteiger partial charge in [-0.15, -0.1) is 0 Å². The molecule has 0 rings (SSSR count). The molecule has 16 heavy (non-hydrogen) atoms. The predicted molar refractivity (Wildman–Crippen MR) is 66.2 cm³/mol. The van der Waals surface area contributed by atoms with E-state index in [0.717, 1.165) is 19.3 Å². The fourth-order valence-corrected chi connectivity index (χ4v) is 1.29. The fraction of sp³-hybridized carbons (Fsp3) is 0.917. The van der Waals surface area contributed by atoms with Gasteiger partial charge in [0.1, 0.15) is 6.10 Å². The number of amides is 1. The highest BCUT2D eigenvalue weighted by Crippen LogP contribution is 2.15.